The van der Waals surface area contributed by atoms with Crippen LogP contribution >= 0.6 is 0 Å². The van der Waals surface area contributed by atoms with Crippen LogP contribution in [0.3, 0.4) is 0 Å². The minimum absolute atomic E-state index is 0.122. The first-order valence-electron chi connectivity index (χ1n) is 8.11. The zero-order chi connectivity index (χ0) is 16.8. The molecule has 6 heteroatoms. The maximum Gasteiger partial charge on any atom is 0.224 e. The molecule has 2 aromatic rings. The molecule has 2 heterocycles. The van der Waals surface area contributed by atoms with Gasteiger partial charge < -0.3 is 10.1 Å². The summed E-state index contributed by atoms with van der Waals surface area (Å²) in [4.78, 5) is 20.8. The normalized spacial score (nSPS) is 17.5. The lowest BCUT2D eigenvalue weighted by Crippen LogP contribution is -2.25. The zero-order valence-corrected chi connectivity index (χ0v) is 13.4. The van der Waals surface area contributed by atoms with Gasteiger partial charge in [0, 0.05) is 18.7 Å². The lowest BCUT2D eigenvalue weighted by Gasteiger charge is -2.20. The van der Waals surface area contributed by atoms with Crippen LogP contribution in [0.5, 0.6) is 0 Å². The van der Waals surface area contributed by atoms with E-state index in [1.54, 1.807) is 24.4 Å². The van der Waals surface area contributed by atoms with Crippen LogP contribution in [-0.2, 0) is 22.5 Å². The van der Waals surface area contributed by atoms with Crippen LogP contribution < -0.4 is 5.32 Å². The molecule has 5 nitrogen and oxygen atoms in total. The fraction of sp³-hybridized carbons (Fsp3) is 0.389. The third-order valence-corrected chi connectivity index (χ3v) is 4.00. The smallest absolute Gasteiger partial charge is 0.224 e. The molecule has 1 amide bonds. The van der Waals surface area contributed by atoms with E-state index in [1.807, 2.05) is 0 Å². The van der Waals surface area contributed by atoms with Crippen LogP contribution in [0.15, 0.2) is 36.5 Å². The van der Waals surface area contributed by atoms with Crippen LogP contribution in [0.4, 0.5) is 4.39 Å². The average molecular weight is 329 g/mol. The second kappa shape index (κ2) is 7.97. The molecule has 1 unspecified atom stereocenters. The number of hydrogen-bond donors (Lipinski definition) is 1. The largest absolute Gasteiger partial charge is 0.381 e. The summed E-state index contributed by atoms with van der Waals surface area (Å²) >= 11 is 0. The van der Waals surface area contributed by atoms with Crippen molar-refractivity contribution in [2.45, 2.75) is 31.7 Å². The van der Waals surface area contributed by atoms with Gasteiger partial charge in [-0.25, -0.2) is 14.4 Å². The van der Waals surface area contributed by atoms with Gasteiger partial charge in [0.1, 0.15) is 11.6 Å². The van der Waals surface area contributed by atoms with E-state index in [4.69, 9.17) is 4.74 Å². The van der Waals surface area contributed by atoms with Crippen LogP contribution in [0.1, 0.15) is 35.8 Å². The maximum atomic E-state index is 12.9. The predicted octanol–water partition coefficient (Wildman–Crippen LogP) is 2.37. The quantitative estimate of drug-likeness (QED) is 0.915. The first-order chi connectivity index (χ1) is 11.7. The van der Waals surface area contributed by atoms with Crippen LogP contribution in [0, 0.1) is 5.82 Å². The highest BCUT2D eigenvalue weighted by Gasteiger charge is 2.18. The summed E-state index contributed by atoms with van der Waals surface area (Å²) in [6, 6.07) is 7.73. The number of carbonyl (C=O) groups excluding carboxylic acids is 1. The standard InChI is InChI=1S/C18H20FN3O2/c19-15-5-3-13(4-6-15)10-17(23)21-11-16-7-8-20-18(22-16)14-2-1-9-24-12-14/h3-8,14H,1-2,9-12H2,(H,21,23). The molecule has 0 aliphatic carbocycles. The molecular weight excluding hydrogens is 309 g/mol. The molecule has 24 heavy (non-hydrogen) atoms. The Morgan fingerprint density at radius 1 is 1.29 bits per heavy atom. The fourth-order valence-electron chi connectivity index (χ4n) is 2.69. The molecule has 0 saturated carbocycles. The monoisotopic (exact) mass is 329 g/mol. The summed E-state index contributed by atoms with van der Waals surface area (Å²) in [7, 11) is 0. The van der Waals surface area contributed by atoms with Crippen molar-refractivity contribution in [1.29, 1.82) is 0 Å². The van der Waals surface area contributed by atoms with Crippen molar-refractivity contribution >= 4 is 5.91 Å². The van der Waals surface area contributed by atoms with Crippen molar-refractivity contribution in [3.63, 3.8) is 0 Å². The number of aromatic nitrogens is 2. The molecule has 1 aliphatic heterocycles. The molecule has 0 bridgehead atoms. The van der Waals surface area contributed by atoms with Gasteiger partial charge in [0.25, 0.3) is 0 Å². The minimum atomic E-state index is -0.306. The molecular formula is C18H20FN3O2. The third-order valence-electron chi connectivity index (χ3n) is 4.00. The number of nitrogens with zero attached hydrogens (tertiary/aromatic N) is 2. The number of halogens is 1. The summed E-state index contributed by atoms with van der Waals surface area (Å²) in [5.41, 5.74) is 1.55. The molecule has 1 aromatic carbocycles. The molecule has 0 radical (unpaired) electrons. The van der Waals surface area contributed by atoms with Gasteiger partial charge in [0.2, 0.25) is 5.91 Å². The van der Waals surface area contributed by atoms with Crippen molar-refractivity contribution in [3.05, 3.63) is 59.4 Å². The van der Waals surface area contributed by atoms with Crippen LogP contribution in [0.2, 0.25) is 0 Å². The first kappa shape index (κ1) is 16.5. The van der Waals surface area contributed by atoms with Gasteiger partial charge in [0.15, 0.2) is 0 Å². The maximum absolute atomic E-state index is 12.9. The van der Waals surface area contributed by atoms with Crippen molar-refractivity contribution in [2.75, 3.05) is 13.2 Å². The summed E-state index contributed by atoms with van der Waals surface area (Å²) in [6.45, 7) is 1.80. The number of nitrogens with one attached hydrogen (secondary N) is 1. The van der Waals surface area contributed by atoms with E-state index >= 15 is 0 Å². The van der Waals surface area contributed by atoms with Crippen LogP contribution in [-0.4, -0.2) is 29.1 Å². The minimum Gasteiger partial charge on any atom is -0.381 e. The molecule has 1 saturated heterocycles. The predicted molar refractivity (Wildman–Crippen MR) is 86.8 cm³/mol. The van der Waals surface area contributed by atoms with Gasteiger partial charge in [-0.2, -0.15) is 0 Å². The highest BCUT2D eigenvalue weighted by atomic mass is 19.1. The van der Waals surface area contributed by atoms with E-state index < -0.39 is 0 Å². The van der Waals surface area contributed by atoms with Gasteiger partial charge >= 0.3 is 0 Å². The molecule has 1 aromatic heterocycles. The number of rotatable bonds is 5. The Hall–Kier alpha value is -2.34. The Labute approximate surface area is 140 Å². The highest BCUT2D eigenvalue weighted by molar-refractivity contribution is 5.78. The number of carbonyl (C=O) groups is 1. The lowest BCUT2D eigenvalue weighted by molar-refractivity contribution is -0.120. The summed E-state index contributed by atoms with van der Waals surface area (Å²) in [5, 5.41) is 2.84. The van der Waals surface area contributed by atoms with Crippen molar-refractivity contribution in [1.82, 2.24) is 15.3 Å². The molecule has 126 valence electrons. The summed E-state index contributed by atoms with van der Waals surface area (Å²) in [5.74, 6) is 0.579. The number of hydrogen-bond acceptors (Lipinski definition) is 4. The number of amides is 1. The zero-order valence-electron chi connectivity index (χ0n) is 13.4. The molecule has 3 rings (SSSR count). The molecule has 0 spiro atoms. The highest BCUT2D eigenvalue weighted by Crippen LogP contribution is 2.22. The van der Waals surface area contributed by atoms with Gasteiger partial charge in [-0.3, -0.25) is 4.79 Å². The molecule has 1 N–H and O–H groups in total. The fourth-order valence-corrected chi connectivity index (χ4v) is 2.69. The SMILES string of the molecule is O=C(Cc1ccc(F)cc1)NCc1ccnc(C2CCCOC2)n1. The Balaban J connectivity index is 1.54. The van der Waals surface area contributed by atoms with Crippen molar-refractivity contribution in [3.8, 4) is 0 Å². The van der Waals surface area contributed by atoms with E-state index in [9.17, 15) is 9.18 Å². The Morgan fingerprint density at radius 3 is 2.88 bits per heavy atom. The van der Waals surface area contributed by atoms with E-state index in [-0.39, 0.29) is 24.1 Å². The topological polar surface area (TPSA) is 64.1 Å². The number of ether oxygens (including phenoxy) is 1. The second-order valence-corrected chi connectivity index (χ2v) is 5.90. The van der Waals surface area contributed by atoms with Crippen LogP contribution in [0.25, 0.3) is 0 Å². The summed E-state index contributed by atoms with van der Waals surface area (Å²) < 4.78 is 18.3. The van der Waals surface area contributed by atoms with Crippen molar-refractivity contribution in [2.24, 2.45) is 0 Å². The van der Waals surface area contributed by atoms with E-state index in [1.165, 1.54) is 12.1 Å². The first-order valence-corrected chi connectivity index (χ1v) is 8.11. The van der Waals surface area contributed by atoms with Crippen molar-refractivity contribution < 1.29 is 13.9 Å². The Bertz CT molecular complexity index is 685. The van der Waals surface area contributed by atoms with Gasteiger partial charge in [-0.1, -0.05) is 12.1 Å². The Morgan fingerprint density at radius 2 is 2.12 bits per heavy atom. The Kier molecular flexibility index (Phi) is 5.48. The van der Waals surface area contributed by atoms with Gasteiger partial charge in [0.05, 0.1) is 25.3 Å². The third kappa shape index (κ3) is 4.58. The molecule has 1 aliphatic rings. The molecule has 1 atom stereocenters. The number of benzene rings is 1. The van der Waals surface area contributed by atoms with Gasteiger partial charge in [-0.05, 0) is 36.6 Å². The second-order valence-electron chi connectivity index (χ2n) is 5.90. The van der Waals surface area contributed by atoms with E-state index in [0.29, 0.717) is 13.2 Å². The van der Waals surface area contributed by atoms with Gasteiger partial charge in [-0.15, -0.1) is 0 Å². The van der Waals surface area contributed by atoms with E-state index in [0.717, 1.165) is 36.5 Å². The summed E-state index contributed by atoms with van der Waals surface area (Å²) in [6.07, 6.45) is 3.99. The molecule has 1 fully saturated rings. The lowest BCUT2D eigenvalue weighted by atomic mass is 10.0. The van der Waals surface area contributed by atoms with E-state index in [2.05, 4.69) is 15.3 Å². The average Bonchev–Trinajstić information content (AvgIpc) is 2.63.